The summed E-state index contributed by atoms with van der Waals surface area (Å²) in [5, 5.41) is 6.31. The number of rotatable bonds is 4. The largest absolute Gasteiger partial charge is 0.362 e. The van der Waals surface area contributed by atoms with E-state index >= 15 is 0 Å². The zero-order chi connectivity index (χ0) is 17.3. The highest BCUT2D eigenvalue weighted by Gasteiger charge is 2.26. The van der Waals surface area contributed by atoms with Gasteiger partial charge in [0, 0.05) is 11.3 Å². The van der Waals surface area contributed by atoms with Gasteiger partial charge < -0.3 is 10.6 Å². The second kappa shape index (κ2) is 6.35. The molecule has 0 bridgehead atoms. The third-order valence-electron chi connectivity index (χ3n) is 4.02. The van der Waals surface area contributed by atoms with E-state index in [0.717, 1.165) is 11.1 Å². The van der Waals surface area contributed by atoms with Crippen molar-refractivity contribution in [1.29, 1.82) is 0 Å². The van der Waals surface area contributed by atoms with Crippen molar-refractivity contribution >= 4 is 5.69 Å². The molecule has 0 saturated carbocycles. The normalized spacial score (nSPS) is 16.7. The van der Waals surface area contributed by atoms with Crippen LogP contribution >= 0.6 is 0 Å². The quantitative estimate of drug-likeness (QED) is 0.830. The summed E-state index contributed by atoms with van der Waals surface area (Å²) in [6.45, 7) is 9.44. The molecule has 124 valence electrons. The van der Waals surface area contributed by atoms with Crippen molar-refractivity contribution in [2.75, 3.05) is 11.7 Å². The average Bonchev–Trinajstić information content (AvgIpc) is 2.85. The van der Waals surface area contributed by atoms with Gasteiger partial charge in [0.25, 0.3) is 0 Å². The molecule has 3 nitrogen and oxygen atoms in total. The highest BCUT2D eigenvalue weighted by molar-refractivity contribution is 5.78. The Labute approximate surface area is 140 Å². The molecule has 0 aromatic heterocycles. The van der Waals surface area contributed by atoms with Crippen LogP contribution in [-0.2, 0) is 0 Å². The second-order valence-electron chi connectivity index (χ2n) is 5.87. The van der Waals surface area contributed by atoms with Gasteiger partial charge in [0.15, 0.2) is 0 Å². The summed E-state index contributed by atoms with van der Waals surface area (Å²) >= 11 is 0. The predicted octanol–water partition coefficient (Wildman–Crippen LogP) is 4.04. The van der Waals surface area contributed by atoms with Crippen LogP contribution in [0.15, 0.2) is 67.1 Å². The molecule has 1 heterocycles. The van der Waals surface area contributed by atoms with E-state index in [9.17, 15) is 8.87 Å². The standard InChI is InChI=1S/C19H19F2N3/c1-12-7-9-15(10-8-12)16-5-4-6-17(20)19(16)24(21)11-18-13(2)22-14(3)23-18/h4-10,18,22-23H,2-3,11H2,1H3. The van der Waals surface area contributed by atoms with Gasteiger partial charge in [-0.05, 0) is 18.6 Å². The third kappa shape index (κ3) is 3.11. The van der Waals surface area contributed by atoms with Crippen molar-refractivity contribution in [2.45, 2.75) is 13.0 Å². The van der Waals surface area contributed by atoms with Gasteiger partial charge in [-0.3, -0.25) is 0 Å². The molecule has 2 aromatic rings. The summed E-state index contributed by atoms with van der Waals surface area (Å²) in [6.07, 6.45) is 0. The van der Waals surface area contributed by atoms with Crippen molar-refractivity contribution in [3.8, 4) is 11.1 Å². The van der Waals surface area contributed by atoms with E-state index < -0.39 is 5.82 Å². The van der Waals surface area contributed by atoms with Crippen molar-refractivity contribution in [1.82, 2.24) is 10.6 Å². The Hall–Kier alpha value is -2.82. The fourth-order valence-electron chi connectivity index (χ4n) is 2.75. The Morgan fingerprint density at radius 1 is 1.12 bits per heavy atom. The lowest BCUT2D eigenvalue weighted by molar-refractivity contribution is 0.407. The fourth-order valence-corrected chi connectivity index (χ4v) is 2.75. The lowest BCUT2D eigenvalue weighted by Crippen LogP contribution is -2.34. The van der Waals surface area contributed by atoms with Crippen molar-refractivity contribution in [2.24, 2.45) is 0 Å². The van der Waals surface area contributed by atoms with Crippen LogP contribution in [0, 0.1) is 12.7 Å². The Morgan fingerprint density at radius 3 is 2.46 bits per heavy atom. The summed E-state index contributed by atoms with van der Waals surface area (Å²) in [6, 6.07) is 11.7. The fraction of sp³-hybridized carbons (Fsp3) is 0.158. The van der Waals surface area contributed by atoms with E-state index in [0.29, 0.717) is 22.2 Å². The molecule has 0 aliphatic carbocycles. The first-order valence-electron chi connectivity index (χ1n) is 7.66. The lowest BCUT2D eigenvalue weighted by atomic mass is 10.0. The summed E-state index contributed by atoms with van der Waals surface area (Å²) in [5.41, 5.74) is 2.89. The maximum atomic E-state index is 14.8. The van der Waals surface area contributed by atoms with E-state index in [-0.39, 0.29) is 18.3 Å². The van der Waals surface area contributed by atoms with Crippen LogP contribution in [0.3, 0.4) is 0 Å². The zero-order valence-electron chi connectivity index (χ0n) is 13.4. The minimum atomic E-state index is -0.606. The van der Waals surface area contributed by atoms with Gasteiger partial charge in [0.2, 0.25) is 0 Å². The smallest absolute Gasteiger partial charge is 0.149 e. The van der Waals surface area contributed by atoms with Crippen LogP contribution in [0.2, 0.25) is 0 Å². The number of hydrogen-bond acceptors (Lipinski definition) is 3. The number of hydrogen-bond donors (Lipinski definition) is 2. The topological polar surface area (TPSA) is 27.3 Å². The van der Waals surface area contributed by atoms with E-state index in [1.807, 2.05) is 31.2 Å². The number of aryl methyl sites for hydroxylation is 1. The van der Waals surface area contributed by atoms with E-state index in [4.69, 9.17) is 0 Å². The van der Waals surface area contributed by atoms with Gasteiger partial charge in [-0.1, -0.05) is 59.6 Å². The summed E-state index contributed by atoms with van der Waals surface area (Å²) in [5.74, 6) is -0.0448. The molecule has 24 heavy (non-hydrogen) atoms. The molecule has 0 spiro atoms. The zero-order valence-corrected chi connectivity index (χ0v) is 13.4. The Balaban J connectivity index is 1.93. The molecule has 1 aliphatic rings. The molecule has 1 saturated heterocycles. The van der Waals surface area contributed by atoms with E-state index in [2.05, 4.69) is 23.8 Å². The third-order valence-corrected chi connectivity index (χ3v) is 4.02. The van der Waals surface area contributed by atoms with Gasteiger partial charge in [-0.15, -0.1) is 0 Å². The van der Waals surface area contributed by atoms with Crippen molar-refractivity contribution < 1.29 is 8.87 Å². The first-order valence-corrected chi connectivity index (χ1v) is 7.66. The molecule has 0 radical (unpaired) electrons. The SMILES string of the molecule is C=C1NC(=C)C(CN(F)c2c(F)cccc2-c2ccc(C)cc2)N1. The van der Waals surface area contributed by atoms with Crippen LogP contribution < -0.4 is 15.8 Å². The average molecular weight is 327 g/mol. The summed E-state index contributed by atoms with van der Waals surface area (Å²) in [7, 11) is 0. The van der Waals surface area contributed by atoms with Crippen LogP contribution in [0.1, 0.15) is 5.56 Å². The Bertz CT molecular complexity index is 784. The summed E-state index contributed by atoms with van der Waals surface area (Å²) < 4.78 is 29.2. The molecule has 1 atom stereocenters. The molecule has 2 N–H and O–H groups in total. The molecule has 3 rings (SSSR count). The van der Waals surface area contributed by atoms with Crippen LogP contribution in [0.5, 0.6) is 0 Å². The maximum Gasteiger partial charge on any atom is 0.149 e. The van der Waals surface area contributed by atoms with Crippen LogP contribution in [0.4, 0.5) is 14.6 Å². The van der Waals surface area contributed by atoms with Gasteiger partial charge in [-0.2, -0.15) is 0 Å². The molecular formula is C19H19F2N3. The van der Waals surface area contributed by atoms with Crippen molar-refractivity contribution in [3.05, 3.63) is 78.5 Å². The molecule has 1 fully saturated rings. The van der Waals surface area contributed by atoms with Crippen LogP contribution in [-0.4, -0.2) is 12.6 Å². The number of benzene rings is 2. The molecule has 0 amide bonds. The van der Waals surface area contributed by atoms with E-state index in [1.54, 1.807) is 12.1 Å². The minimum Gasteiger partial charge on any atom is -0.362 e. The number of nitrogens with one attached hydrogen (secondary N) is 2. The van der Waals surface area contributed by atoms with Gasteiger partial charge >= 0.3 is 0 Å². The molecule has 5 heteroatoms. The first-order chi connectivity index (χ1) is 11.5. The number of anilines is 1. The molecule has 1 unspecified atom stereocenters. The highest BCUT2D eigenvalue weighted by Crippen LogP contribution is 2.34. The lowest BCUT2D eigenvalue weighted by Gasteiger charge is -2.22. The number of halogens is 2. The first kappa shape index (κ1) is 16.1. The minimum absolute atomic E-state index is 0.0755. The van der Waals surface area contributed by atoms with Crippen molar-refractivity contribution in [3.63, 3.8) is 0 Å². The van der Waals surface area contributed by atoms with Gasteiger partial charge in [-0.25, -0.2) is 9.51 Å². The number of nitrogens with zero attached hydrogens (tertiary/aromatic N) is 1. The van der Waals surface area contributed by atoms with Crippen LogP contribution in [0.25, 0.3) is 11.1 Å². The van der Waals surface area contributed by atoms with E-state index in [1.165, 1.54) is 6.07 Å². The monoisotopic (exact) mass is 327 g/mol. The van der Waals surface area contributed by atoms with Gasteiger partial charge in [0.1, 0.15) is 11.5 Å². The highest BCUT2D eigenvalue weighted by atomic mass is 19.2. The second-order valence-corrected chi connectivity index (χ2v) is 5.87. The maximum absolute atomic E-state index is 14.8. The Morgan fingerprint density at radius 2 is 1.83 bits per heavy atom. The molecule has 1 aliphatic heterocycles. The predicted molar refractivity (Wildman–Crippen MR) is 93.4 cm³/mol. The molecular weight excluding hydrogens is 308 g/mol. The summed E-state index contributed by atoms with van der Waals surface area (Å²) in [4.78, 5) is 0. The van der Waals surface area contributed by atoms with Gasteiger partial charge in [0.05, 0.1) is 18.4 Å². The number of para-hydroxylation sites is 1. The Kier molecular flexibility index (Phi) is 4.25. The molecule has 2 aromatic carbocycles.